The van der Waals surface area contributed by atoms with Crippen LogP contribution in [0, 0.1) is 13.8 Å². The van der Waals surface area contributed by atoms with Crippen molar-refractivity contribution in [2.45, 2.75) is 19.3 Å². The number of aryl methyl sites for hydroxylation is 2. The van der Waals surface area contributed by atoms with E-state index in [1.54, 1.807) is 0 Å². The SMILES string of the molecule is Cc1cc(-c2ccccc2)ccc1B(c1ccc(-c2ccccc2)cc1C)c1cccc2c1Oc1ccccc1C21c2ccccc2Oc2ccccc21. The van der Waals surface area contributed by atoms with Crippen LogP contribution in [0.2, 0.25) is 0 Å². The van der Waals surface area contributed by atoms with Gasteiger partial charge in [0.1, 0.15) is 23.0 Å². The molecule has 0 aromatic heterocycles. The third kappa shape index (κ3) is 4.96. The molecular weight excluding hydrogens is 655 g/mol. The van der Waals surface area contributed by atoms with Crippen LogP contribution in [-0.4, -0.2) is 6.71 Å². The highest BCUT2D eigenvalue weighted by Crippen LogP contribution is 2.60. The number of fused-ring (bicyclic) bond motifs is 8. The molecule has 2 nitrogen and oxygen atoms in total. The Morgan fingerprint density at radius 3 is 1.26 bits per heavy atom. The second-order valence-electron chi connectivity index (χ2n) is 14.5. The van der Waals surface area contributed by atoms with Gasteiger partial charge < -0.3 is 9.47 Å². The largest absolute Gasteiger partial charge is 0.457 e. The van der Waals surface area contributed by atoms with E-state index in [1.807, 2.05) is 0 Å². The van der Waals surface area contributed by atoms with E-state index >= 15 is 0 Å². The summed E-state index contributed by atoms with van der Waals surface area (Å²) in [6.07, 6.45) is 0. The normalized spacial score (nSPS) is 13.1. The van der Waals surface area contributed by atoms with Crippen LogP contribution in [0.15, 0.2) is 188 Å². The van der Waals surface area contributed by atoms with Gasteiger partial charge in [-0.15, -0.1) is 0 Å². The zero-order chi connectivity index (χ0) is 36.2. The van der Waals surface area contributed by atoms with E-state index in [1.165, 1.54) is 44.3 Å². The number of hydrogen-bond acceptors (Lipinski definition) is 2. The molecule has 0 amide bonds. The summed E-state index contributed by atoms with van der Waals surface area (Å²) >= 11 is 0. The molecule has 0 bridgehead atoms. The Morgan fingerprint density at radius 2 is 0.778 bits per heavy atom. The van der Waals surface area contributed by atoms with Crippen LogP contribution >= 0.6 is 0 Å². The minimum absolute atomic E-state index is 0.109. The highest BCUT2D eigenvalue weighted by atomic mass is 16.5. The van der Waals surface area contributed by atoms with Gasteiger partial charge in [-0.1, -0.05) is 192 Å². The number of para-hydroxylation sites is 4. The molecule has 0 saturated carbocycles. The first-order valence-corrected chi connectivity index (χ1v) is 18.7. The fraction of sp³-hybridized carbons (Fsp3) is 0.0588. The molecule has 0 saturated heterocycles. The van der Waals surface area contributed by atoms with Crippen LogP contribution in [0.5, 0.6) is 23.0 Å². The van der Waals surface area contributed by atoms with Gasteiger partial charge in [-0.05, 0) is 59.8 Å². The lowest BCUT2D eigenvalue weighted by Crippen LogP contribution is -2.55. The van der Waals surface area contributed by atoms with Crippen molar-refractivity contribution >= 4 is 23.1 Å². The second kappa shape index (κ2) is 12.8. The average Bonchev–Trinajstić information content (AvgIpc) is 3.22. The smallest absolute Gasteiger partial charge is 0.246 e. The van der Waals surface area contributed by atoms with Gasteiger partial charge >= 0.3 is 0 Å². The van der Waals surface area contributed by atoms with Crippen molar-refractivity contribution in [3.63, 3.8) is 0 Å². The topological polar surface area (TPSA) is 18.5 Å². The fourth-order valence-corrected chi connectivity index (χ4v) is 9.01. The van der Waals surface area contributed by atoms with Crippen molar-refractivity contribution in [3.05, 3.63) is 221 Å². The summed E-state index contributed by atoms with van der Waals surface area (Å²) in [5.41, 5.74) is 14.7. The lowest BCUT2D eigenvalue weighted by molar-refractivity contribution is 0.401. The Bertz CT molecular complexity index is 2550. The maximum atomic E-state index is 7.22. The molecule has 2 aliphatic rings. The molecule has 10 rings (SSSR count). The second-order valence-corrected chi connectivity index (χ2v) is 14.5. The lowest BCUT2D eigenvalue weighted by atomic mass is 9.35. The Hall–Kier alpha value is -6.58. The first-order chi connectivity index (χ1) is 26.6. The van der Waals surface area contributed by atoms with E-state index in [0.717, 1.165) is 50.7 Å². The molecule has 3 heteroatoms. The average molecular weight is 693 g/mol. The van der Waals surface area contributed by atoms with E-state index in [9.17, 15) is 0 Å². The summed E-state index contributed by atoms with van der Waals surface area (Å²) in [5.74, 6) is 3.47. The minimum Gasteiger partial charge on any atom is -0.457 e. The van der Waals surface area contributed by atoms with E-state index in [-0.39, 0.29) is 6.71 Å². The first kappa shape index (κ1) is 32.1. The molecule has 0 atom stereocenters. The van der Waals surface area contributed by atoms with Crippen molar-refractivity contribution in [1.82, 2.24) is 0 Å². The van der Waals surface area contributed by atoms with Crippen LogP contribution in [-0.2, 0) is 5.41 Å². The quantitative estimate of drug-likeness (QED) is 0.167. The molecule has 0 aliphatic carbocycles. The molecule has 54 heavy (non-hydrogen) atoms. The fourth-order valence-electron chi connectivity index (χ4n) is 9.01. The van der Waals surface area contributed by atoms with Crippen molar-refractivity contribution in [2.75, 3.05) is 0 Å². The summed E-state index contributed by atoms with van der Waals surface area (Å²) in [4.78, 5) is 0. The summed E-state index contributed by atoms with van der Waals surface area (Å²) in [7, 11) is 0. The van der Waals surface area contributed by atoms with Gasteiger partial charge in [0, 0.05) is 22.3 Å². The third-order valence-corrected chi connectivity index (χ3v) is 11.4. The van der Waals surface area contributed by atoms with Gasteiger partial charge in [0.25, 0.3) is 0 Å². The van der Waals surface area contributed by atoms with Crippen LogP contribution < -0.4 is 25.9 Å². The molecule has 2 heterocycles. The van der Waals surface area contributed by atoms with Gasteiger partial charge in [0.2, 0.25) is 6.71 Å². The van der Waals surface area contributed by atoms with E-state index in [0.29, 0.717) is 0 Å². The predicted octanol–water partition coefficient (Wildman–Crippen LogP) is 10.7. The van der Waals surface area contributed by atoms with E-state index in [2.05, 4.69) is 202 Å². The number of ether oxygens (including phenoxy) is 2. The summed E-state index contributed by atoms with van der Waals surface area (Å²) in [6, 6.07) is 67.5. The summed E-state index contributed by atoms with van der Waals surface area (Å²) in [6.45, 7) is 4.39. The van der Waals surface area contributed by atoms with Crippen molar-refractivity contribution < 1.29 is 9.47 Å². The maximum Gasteiger partial charge on any atom is 0.246 e. The summed E-state index contributed by atoms with van der Waals surface area (Å²) in [5, 5.41) is 0. The van der Waals surface area contributed by atoms with Crippen LogP contribution in [0.1, 0.15) is 33.4 Å². The van der Waals surface area contributed by atoms with E-state index in [4.69, 9.17) is 9.47 Å². The molecule has 1 spiro atoms. The molecule has 2 aliphatic heterocycles. The molecule has 0 fully saturated rings. The Labute approximate surface area is 317 Å². The number of rotatable bonds is 5. The zero-order valence-electron chi connectivity index (χ0n) is 30.3. The maximum absolute atomic E-state index is 7.22. The molecular formula is C51H37BO2. The number of benzene rings is 8. The van der Waals surface area contributed by atoms with Crippen molar-refractivity contribution in [3.8, 4) is 45.3 Å². The Balaban J connectivity index is 1.25. The highest BCUT2D eigenvalue weighted by molar-refractivity contribution is 6.96. The number of hydrogen-bond donors (Lipinski definition) is 0. The van der Waals surface area contributed by atoms with Crippen LogP contribution in [0.3, 0.4) is 0 Å². The third-order valence-electron chi connectivity index (χ3n) is 11.4. The molecule has 0 N–H and O–H groups in total. The molecule has 0 radical (unpaired) electrons. The Kier molecular flexibility index (Phi) is 7.62. The zero-order valence-corrected chi connectivity index (χ0v) is 30.3. The van der Waals surface area contributed by atoms with Crippen LogP contribution in [0.4, 0.5) is 0 Å². The summed E-state index contributed by atoms with van der Waals surface area (Å²) < 4.78 is 13.9. The molecule has 256 valence electrons. The van der Waals surface area contributed by atoms with Gasteiger partial charge in [-0.25, -0.2) is 0 Å². The van der Waals surface area contributed by atoms with Gasteiger partial charge in [0.15, 0.2) is 0 Å². The molecule has 0 unspecified atom stereocenters. The predicted molar refractivity (Wildman–Crippen MR) is 223 cm³/mol. The van der Waals surface area contributed by atoms with Crippen molar-refractivity contribution in [2.24, 2.45) is 0 Å². The lowest BCUT2D eigenvalue weighted by Gasteiger charge is -2.45. The van der Waals surface area contributed by atoms with Crippen LogP contribution in [0.25, 0.3) is 22.3 Å². The first-order valence-electron chi connectivity index (χ1n) is 18.7. The van der Waals surface area contributed by atoms with E-state index < -0.39 is 5.41 Å². The monoisotopic (exact) mass is 692 g/mol. The Morgan fingerprint density at radius 1 is 0.352 bits per heavy atom. The highest BCUT2D eigenvalue weighted by Gasteiger charge is 2.51. The molecule has 8 aromatic rings. The molecule has 8 aromatic carbocycles. The minimum atomic E-state index is -0.658. The standard InChI is InChI=1S/C51H37BO2/c1-34-32-38(36-16-5-3-6-17-36)28-30-44(34)52(45-31-29-39(33-35(45)2)37-18-7-4-8-19-37)46-24-15-23-43-50(46)54-49-27-14-11-22-42(49)51(43)40-20-9-12-25-47(40)53-48-26-13-10-21-41(48)51/h3-33H,1-2H3. The van der Waals surface area contributed by atoms with Gasteiger partial charge in [-0.3, -0.25) is 0 Å². The van der Waals surface area contributed by atoms with Gasteiger partial charge in [-0.2, -0.15) is 0 Å². The van der Waals surface area contributed by atoms with Gasteiger partial charge in [0.05, 0.1) is 5.41 Å². The van der Waals surface area contributed by atoms with Crippen molar-refractivity contribution in [1.29, 1.82) is 0 Å².